The number of hydrogen-bond donors (Lipinski definition) is 1. The number of thiophene rings is 1. The fraction of sp³-hybridized carbons (Fsp3) is 0.545. The van der Waals surface area contributed by atoms with Crippen molar-refractivity contribution in [2.24, 2.45) is 5.73 Å². The molecule has 2 N–H and O–H groups in total. The zero-order chi connectivity index (χ0) is 10.6. The number of ketones is 1. The summed E-state index contributed by atoms with van der Waals surface area (Å²) in [5, 5.41) is 2.03. The molecule has 0 aromatic carbocycles. The molecular weight excluding hydrogens is 194 g/mol. The van der Waals surface area contributed by atoms with Gasteiger partial charge in [-0.05, 0) is 31.7 Å². The van der Waals surface area contributed by atoms with E-state index in [0.29, 0.717) is 12.8 Å². The van der Waals surface area contributed by atoms with Crippen molar-refractivity contribution < 1.29 is 4.79 Å². The lowest BCUT2D eigenvalue weighted by atomic mass is 9.97. The second kappa shape index (κ2) is 4.71. The van der Waals surface area contributed by atoms with Crippen LogP contribution in [0.2, 0.25) is 0 Å². The van der Waals surface area contributed by atoms with E-state index in [1.54, 1.807) is 11.3 Å². The summed E-state index contributed by atoms with van der Waals surface area (Å²) in [7, 11) is 0. The van der Waals surface area contributed by atoms with E-state index in [9.17, 15) is 4.79 Å². The second-order valence-electron chi connectivity index (χ2n) is 4.28. The summed E-state index contributed by atoms with van der Waals surface area (Å²) in [6.45, 7) is 3.77. The van der Waals surface area contributed by atoms with Crippen LogP contribution in [0.4, 0.5) is 0 Å². The fourth-order valence-electron chi connectivity index (χ4n) is 1.31. The third-order valence-corrected chi connectivity index (χ3v) is 2.82. The zero-order valence-electron chi connectivity index (χ0n) is 8.75. The van der Waals surface area contributed by atoms with Gasteiger partial charge in [0, 0.05) is 23.3 Å². The first kappa shape index (κ1) is 11.4. The summed E-state index contributed by atoms with van der Waals surface area (Å²) in [6, 6.07) is 4.07. The Morgan fingerprint density at radius 3 is 2.79 bits per heavy atom. The van der Waals surface area contributed by atoms with Crippen LogP contribution < -0.4 is 5.73 Å². The van der Waals surface area contributed by atoms with Gasteiger partial charge < -0.3 is 5.73 Å². The summed E-state index contributed by atoms with van der Waals surface area (Å²) < 4.78 is 0. The van der Waals surface area contributed by atoms with Crippen LogP contribution in [0.15, 0.2) is 17.5 Å². The summed E-state index contributed by atoms with van der Waals surface area (Å²) >= 11 is 1.70. The van der Waals surface area contributed by atoms with E-state index >= 15 is 0 Å². The van der Waals surface area contributed by atoms with Gasteiger partial charge in [0.15, 0.2) is 0 Å². The lowest BCUT2D eigenvalue weighted by Gasteiger charge is -2.16. The number of Topliss-reactive ketones (excluding diaryl/α,β-unsaturated/α-hetero) is 1. The molecule has 0 amide bonds. The average molecular weight is 211 g/mol. The van der Waals surface area contributed by atoms with Crippen molar-refractivity contribution in [2.45, 2.75) is 38.6 Å². The molecule has 1 aromatic rings. The van der Waals surface area contributed by atoms with Gasteiger partial charge in [-0.25, -0.2) is 0 Å². The normalized spacial score (nSPS) is 11.6. The van der Waals surface area contributed by atoms with E-state index < -0.39 is 0 Å². The molecule has 1 heterocycles. The van der Waals surface area contributed by atoms with E-state index in [2.05, 4.69) is 6.07 Å². The van der Waals surface area contributed by atoms with Gasteiger partial charge in [-0.15, -0.1) is 11.3 Å². The maximum absolute atomic E-state index is 11.5. The van der Waals surface area contributed by atoms with Crippen LogP contribution in [-0.4, -0.2) is 11.3 Å². The van der Waals surface area contributed by atoms with E-state index in [4.69, 9.17) is 5.73 Å². The van der Waals surface area contributed by atoms with Crippen LogP contribution in [0.1, 0.15) is 31.6 Å². The molecule has 0 radical (unpaired) electrons. The molecule has 14 heavy (non-hydrogen) atoms. The standard InChI is InChI=1S/C11H17NOS/c1-11(2,12)8-9(13)5-6-10-4-3-7-14-10/h3-4,7H,5-6,8,12H2,1-2H3. The Labute approximate surface area is 89.1 Å². The third kappa shape index (κ3) is 4.53. The largest absolute Gasteiger partial charge is 0.325 e. The van der Waals surface area contributed by atoms with E-state index in [-0.39, 0.29) is 11.3 Å². The molecule has 78 valence electrons. The molecule has 0 aliphatic rings. The molecule has 0 bridgehead atoms. The Kier molecular flexibility index (Phi) is 3.84. The molecule has 0 saturated heterocycles. The van der Waals surface area contributed by atoms with Crippen molar-refractivity contribution >= 4 is 17.1 Å². The highest BCUT2D eigenvalue weighted by Crippen LogP contribution is 2.13. The van der Waals surface area contributed by atoms with Crippen molar-refractivity contribution in [3.05, 3.63) is 22.4 Å². The molecule has 0 atom stereocenters. The number of aryl methyl sites for hydroxylation is 1. The Balaban J connectivity index is 2.29. The minimum absolute atomic E-state index is 0.255. The molecule has 0 aliphatic heterocycles. The highest BCUT2D eigenvalue weighted by molar-refractivity contribution is 7.09. The molecule has 3 heteroatoms. The molecule has 0 spiro atoms. The van der Waals surface area contributed by atoms with E-state index in [1.165, 1.54) is 4.88 Å². The van der Waals surface area contributed by atoms with E-state index in [1.807, 2.05) is 25.3 Å². The minimum atomic E-state index is -0.369. The molecule has 1 aromatic heterocycles. The first-order chi connectivity index (χ1) is 6.47. The van der Waals surface area contributed by atoms with Crippen LogP contribution in [0.25, 0.3) is 0 Å². The van der Waals surface area contributed by atoms with Gasteiger partial charge >= 0.3 is 0 Å². The highest BCUT2D eigenvalue weighted by Gasteiger charge is 2.15. The molecule has 0 aliphatic carbocycles. The number of carbonyl (C=O) groups is 1. The van der Waals surface area contributed by atoms with Crippen molar-refractivity contribution in [3.63, 3.8) is 0 Å². The van der Waals surface area contributed by atoms with Gasteiger partial charge in [0.1, 0.15) is 5.78 Å². The predicted molar refractivity (Wildman–Crippen MR) is 60.5 cm³/mol. The fourth-order valence-corrected chi connectivity index (χ4v) is 2.02. The summed E-state index contributed by atoms with van der Waals surface area (Å²) in [5.41, 5.74) is 5.40. The van der Waals surface area contributed by atoms with Gasteiger partial charge in [0.2, 0.25) is 0 Å². The molecule has 0 unspecified atom stereocenters. The Hall–Kier alpha value is -0.670. The minimum Gasteiger partial charge on any atom is -0.325 e. The van der Waals surface area contributed by atoms with Crippen molar-refractivity contribution in [3.8, 4) is 0 Å². The van der Waals surface area contributed by atoms with Crippen LogP contribution in [-0.2, 0) is 11.2 Å². The Bertz CT molecular complexity index is 285. The number of rotatable bonds is 5. The van der Waals surface area contributed by atoms with Crippen molar-refractivity contribution in [2.75, 3.05) is 0 Å². The Morgan fingerprint density at radius 2 is 2.29 bits per heavy atom. The lowest BCUT2D eigenvalue weighted by molar-refractivity contribution is -0.119. The van der Waals surface area contributed by atoms with Gasteiger partial charge in [-0.2, -0.15) is 0 Å². The first-order valence-electron chi connectivity index (χ1n) is 4.80. The number of hydrogen-bond acceptors (Lipinski definition) is 3. The van der Waals surface area contributed by atoms with Gasteiger partial charge in [0.05, 0.1) is 0 Å². The predicted octanol–water partition coefficient (Wildman–Crippen LogP) is 2.38. The second-order valence-corrected chi connectivity index (χ2v) is 5.32. The van der Waals surface area contributed by atoms with Crippen LogP contribution >= 0.6 is 11.3 Å². The summed E-state index contributed by atoms with van der Waals surface area (Å²) in [4.78, 5) is 12.7. The summed E-state index contributed by atoms with van der Waals surface area (Å²) in [6.07, 6.45) is 1.94. The maximum Gasteiger partial charge on any atom is 0.135 e. The molecular formula is C11H17NOS. The van der Waals surface area contributed by atoms with Crippen LogP contribution in [0, 0.1) is 0 Å². The molecule has 2 nitrogen and oxygen atoms in total. The number of carbonyl (C=O) groups excluding carboxylic acids is 1. The van der Waals surface area contributed by atoms with Crippen molar-refractivity contribution in [1.82, 2.24) is 0 Å². The first-order valence-corrected chi connectivity index (χ1v) is 5.68. The third-order valence-electron chi connectivity index (χ3n) is 1.88. The monoisotopic (exact) mass is 211 g/mol. The summed E-state index contributed by atoms with van der Waals surface area (Å²) in [5.74, 6) is 0.255. The highest BCUT2D eigenvalue weighted by atomic mass is 32.1. The quantitative estimate of drug-likeness (QED) is 0.812. The number of nitrogens with two attached hydrogens (primary N) is 1. The van der Waals surface area contributed by atoms with Gasteiger partial charge in [0.25, 0.3) is 0 Å². The van der Waals surface area contributed by atoms with Gasteiger partial charge in [-0.3, -0.25) is 4.79 Å². The zero-order valence-corrected chi connectivity index (χ0v) is 9.56. The van der Waals surface area contributed by atoms with Gasteiger partial charge in [-0.1, -0.05) is 6.07 Å². The average Bonchev–Trinajstić information content (AvgIpc) is 2.49. The lowest BCUT2D eigenvalue weighted by Crippen LogP contribution is -2.34. The maximum atomic E-state index is 11.5. The smallest absolute Gasteiger partial charge is 0.135 e. The topological polar surface area (TPSA) is 43.1 Å². The van der Waals surface area contributed by atoms with Crippen molar-refractivity contribution in [1.29, 1.82) is 0 Å². The SMILES string of the molecule is CC(C)(N)CC(=O)CCc1cccs1. The van der Waals surface area contributed by atoms with Crippen LogP contribution in [0.3, 0.4) is 0 Å². The molecule has 1 rings (SSSR count). The Morgan fingerprint density at radius 1 is 1.57 bits per heavy atom. The van der Waals surface area contributed by atoms with E-state index in [0.717, 1.165) is 6.42 Å². The molecule has 0 fully saturated rings. The molecule has 0 saturated carbocycles. The van der Waals surface area contributed by atoms with Crippen LogP contribution in [0.5, 0.6) is 0 Å².